The Hall–Kier alpha value is -0.880. The molecule has 0 amide bonds. The highest BCUT2D eigenvalue weighted by Gasteiger charge is 2.24. The molecule has 1 aliphatic rings. The van der Waals surface area contributed by atoms with E-state index in [0.29, 0.717) is 11.7 Å². The van der Waals surface area contributed by atoms with Gasteiger partial charge >= 0.3 is 0 Å². The van der Waals surface area contributed by atoms with Gasteiger partial charge in [0.05, 0.1) is 11.8 Å². The predicted molar refractivity (Wildman–Crippen MR) is 70.6 cm³/mol. The minimum absolute atomic E-state index is 0.247. The Morgan fingerprint density at radius 1 is 1.50 bits per heavy atom. The van der Waals surface area contributed by atoms with E-state index in [-0.39, 0.29) is 11.8 Å². The van der Waals surface area contributed by atoms with Gasteiger partial charge in [-0.1, -0.05) is 12.8 Å². The van der Waals surface area contributed by atoms with Crippen LogP contribution in [-0.4, -0.2) is 24.1 Å². The third-order valence-electron chi connectivity index (χ3n) is 3.42. The molecule has 0 bridgehead atoms. The molecule has 1 fully saturated rings. The van der Waals surface area contributed by atoms with Crippen molar-refractivity contribution in [3.8, 4) is 0 Å². The van der Waals surface area contributed by atoms with Gasteiger partial charge in [-0.3, -0.25) is 0 Å². The lowest BCUT2D eigenvalue weighted by atomic mass is 10.1. The van der Waals surface area contributed by atoms with E-state index in [1.54, 1.807) is 6.20 Å². The van der Waals surface area contributed by atoms with Crippen LogP contribution in [0.3, 0.4) is 0 Å². The molecule has 18 heavy (non-hydrogen) atoms. The summed E-state index contributed by atoms with van der Waals surface area (Å²) in [5.41, 5.74) is 0.937. The largest absolute Gasteiger partial charge is 0.345 e. The van der Waals surface area contributed by atoms with Gasteiger partial charge in [-0.05, 0) is 32.6 Å². The fourth-order valence-electron chi connectivity index (χ4n) is 2.51. The van der Waals surface area contributed by atoms with Crippen molar-refractivity contribution in [3.05, 3.63) is 17.7 Å². The molecule has 1 aromatic heterocycles. The van der Waals surface area contributed by atoms with Gasteiger partial charge in [-0.25, -0.2) is 18.1 Å². The van der Waals surface area contributed by atoms with Gasteiger partial charge in [0.15, 0.2) is 0 Å². The van der Waals surface area contributed by atoms with Crippen LogP contribution in [0.1, 0.15) is 50.2 Å². The summed E-state index contributed by atoms with van der Waals surface area (Å²) in [5.74, 6) is 1.24. The molecule has 0 aromatic carbocycles. The molecular formula is C12H21N3O2S. The van der Waals surface area contributed by atoms with Gasteiger partial charge < -0.3 is 4.98 Å². The standard InChI is InChI=1S/C12H21N3O2S/c1-9-7-13-12(14-9)10(2)15-18(16,17)8-11-5-3-4-6-11/h7,10-11,15H,3-6,8H2,1-2H3,(H,13,14). The van der Waals surface area contributed by atoms with Crippen molar-refractivity contribution < 1.29 is 8.42 Å². The van der Waals surface area contributed by atoms with Crippen LogP contribution in [0.25, 0.3) is 0 Å². The highest BCUT2D eigenvalue weighted by Crippen LogP contribution is 2.26. The number of imidazole rings is 1. The molecule has 0 aliphatic heterocycles. The monoisotopic (exact) mass is 271 g/mol. The number of hydrogen-bond donors (Lipinski definition) is 2. The Balaban J connectivity index is 1.94. The van der Waals surface area contributed by atoms with Gasteiger partial charge in [0.25, 0.3) is 0 Å². The first kappa shape index (κ1) is 13.5. The van der Waals surface area contributed by atoms with Gasteiger partial charge in [0, 0.05) is 11.9 Å². The zero-order chi connectivity index (χ0) is 13.2. The fourth-order valence-corrected chi connectivity index (χ4v) is 4.21. The minimum atomic E-state index is -3.21. The highest BCUT2D eigenvalue weighted by atomic mass is 32.2. The van der Waals surface area contributed by atoms with Crippen LogP contribution in [-0.2, 0) is 10.0 Å². The van der Waals surface area contributed by atoms with Crippen LogP contribution in [0.15, 0.2) is 6.20 Å². The topological polar surface area (TPSA) is 74.8 Å². The molecule has 1 heterocycles. The SMILES string of the molecule is Cc1cnc(C(C)NS(=O)(=O)CC2CCCC2)[nH]1. The van der Waals surface area contributed by atoms with Crippen LogP contribution in [0.5, 0.6) is 0 Å². The molecule has 1 aliphatic carbocycles. The maximum absolute atomic E-state index is 12.0. The Labute approximate surface area is 108 Å². The number of aromatic amines is 1. The second kappa shape index (κ2) is 5.40. The number of nitrogens with one attached hydrogen (secondary N) is 2. The molecule has 2 N–H and O–H groups in total. The van der Waals surface area contributed by atoms with Gasteiger partial charge in [-0.15, -0.1) is 0 Å². The van der Waals surface area contributed by atoms with E-state index >= 15 is 0 Å². The number of nitrogens with zero attached hydrogens (tertiary/aromatic N) is 1. The van der Waals surface area contributed by atoms with Crippen molar-refractivity contribution in [3.63, 3.8) is 0 Å². The summed E-state index contributed by atoms with van der Waals surface area (Å²) in [5, 5.41) is 0. The van der Waals surface area contributed by atoms with Gasteiger partial charge in [0.1, 0.15) is 5.82 Å². The smallest absolute Gasteiger partial charge is 0.212 e. The van der Waals surface area contributed by atoms with Crippen molar-refractivity contribution in [2.24, 2.45) is 5.92 Å². The third-order valence-corrected chi connectivity index (χ3v) is 5.04. The Kier molecular flexibility index (Phi) is 4.07. The van der Waals surface area contributed by atoms with Crippen LogP contribution in [0.4, 0.5) is 0 Å². The molecule has 0 radical (unpaired) electrons. The van der Waals surface area contributed by atoms with E-state index in [0.717, 1.165) is 31.4 Å². The molecule has 1 saturated carbocycles. The Morgan fingerprint density at radius 3 is 2.72 bits per heavy atom. The van der Waals surface area contributed by atoms with E-state index in [1.165, 1.54) is 0 Å². The zero-order valence-electron chi connectivity index (χ0n) is 10.9. The van der Waals surface area contributed by atoms with Crippen LogP contribution < -0.4 is 4.72 Å². The first-order valence-electron chi connectivity index (χ1n) is 6.48. The average Bonchev–Trinajstić information content (AvgIpc) is 2.87. The molecule has 1 aromatic rings. The summed E-state index contributed by atoms with van der Waals surface area (Å²) in [6.45, 7) is 3.71. The number of rotatable bonds is 5. The molecule has 1 unspecified atom stereocenters. The van der Waals surface area contributed by atoms with Crippen LogP contribution in [0, 0.1) is 12.8 Å². The quantitative estimate of drug-likeness (QED) is 0.858. The maximum Gasteiger partial charge on any atom is 0.212 e. The van der Waals surface area contributed by atoms with Crippen molar-refractivity contribution in [1.29, 1.82) is 0 Å². The van der Waals surface area contributed by atoms with Crippen LogP contribution in [0.2, 0.25) is 0 Å². The van der Waals surface area contributed by atoms with Crippen molar-refractivity contribution in [2.75, 3.05) is 5.75 Å². The molecule has 2 rings (SSSR count). The second-order valence-corrected chi connectivity index (χ2v) is 7.02. The Bertz CT molecular complexity index is 489. The summed E-state index contributed by atoms with van der Waals surface area (Å²) in [6.07, 6.45) is 6.10. The third kappa shape index (κ3) is 3.55. The van der Waals surface area contributed by atoms with Crippen molar-refractivity contribution in [1.82, 2.24) is 14.7 Å². The highest BCUT2D eigenvalue weighted by molar-refractivity contribution is 7.89. The number of H-pyrrole nitrogens is 1. The molecule has 102 valence electrons. The van der Waals surface area contributed by atoms with E-state index in [9.17, 15) is 8.42 Å². The lowest BCUT2D eigenvalue weighted by Crippen LogP contribution is -2.32. The average molecular weight is 271 g/mol. The van der Waals surface area contributed by atoms with E-state index in [2.05, 4.69) is 14.7 Å². The minimum Gasteiger partial charge on any atom is -0.345 e. The summed E-state index contributed by atoms with van der Waals surface area (Å²) < 4.78 is 26.7. The number of sulfonamides is 1. The number of aromatic nitrogens is 2. The summed E-state index contributed by atoms with van der Waals surface area (Å²) in [4.78, 5) is 7.20. The van der Waals surface area contributed by atoms with E-state index in [4.69, 9.17) is 0 Å². The zero-order valence-corrected chi connectivity index (χ0v) is 11.8. The lowest BCUT2D eigenvalue weighted by molar-refractivity contribution is 0.533. The van der Waals surface area contributed by atoms with Crippen LogP contribution >= 0.6 is 0 Å². The summed E-state index contributed by atoms with van der Waals surface area (Å²) in [7, 11) is -3.21. The lowest BCUT2D eigenvalue weighted by Gasteiger charge is -2.14. The molecule has 0 spiro atoms. The number of aryl methyl sites for hydroxylation is 1. The molecule has 6 heteroatoms. The fraction of sp³-hybridized carbons (Fsp3) is 0.750. The maximum atomic E-state index is 12.0. The molecule has 0 saturated heterocycles. The van der Waals surface area contributed by atoms with Crippen molar-refractivity contribution >= 4 is 10.0 Å². The summed E-state index contributed by atoms with van der Waals surface area (Å²) in [6, 6.07) is -0.301. The van der Waals surface area contributed by atoms with Gasteiger partial charge in [0.2, 0.25) is 10.0 Å². The first-order chi connectivity index (χ1) is 8.46. The van der Waals surface area contributed by atoms with E-state index in [1.807, 2.05) is 13.8 Å². The predicted octanol–water partition coefficient (Wildman–Crippen LogP) is 1.89. The van der Waals surface area contributed by atoms with Gasteiger partial charge in [-0.2, -0.15) is 0 Å². The van der Waals surface area contributed by atoms with Crippen molar-refractivity contribution in [2.45, 2.75) is 45.6 Å². The normalized spacial score (nSPS) is 19.2. The second-order valence-electron chi connectivity index (χ2n) is 5.22. The molecule has 5 nitrogen and oxygen atoms in total. The Morgan fingerprint density at radius 2 is 2.17 bits per heavy atom. The first-order valence-corrected chi connectivity index (χ1v) is 8.13. The number of hydrogen-bond acceptors (Lipinski definition) is 3. The molecule has 1 atom stereocenters. The van der Waals surface area contributed by atoms with E-state index < -0.39 is 10.0 Å². The summed E-state index contributed by atoms with van der Waals surface area (Å²) >= 11 is 0. The molecular weight excluding hydrogens is 250 g/mol.